The first kappa shape index (κ1) is 26.3. The van der Waals surface area contributed by atoms with E-state index < -0.39 is 38.2 Å². The van der Waals surface area contributed by atoms with Crippen molar-refractivity contribution in [2.75, 3.05) is 0 Å². The number of sulfonamides is 1. The zero-order chi connectivity index (χ0) is 25.5. The van der Waals surface area contributed by atoms with Crippen molar-refractivity contribution in [3.63, 3.8) is 0 Å². The smallest absolute Gasteiger partial charge is 0.417 e. The number of nitrogens with one attached hydrogen (secondary N) is 1. The SMILES string of the molecule is Cc1c(C(=O)O)cc(-c2ccc(S(=O)(=O)NC(C)(C)C)c(C(F)(F)F)c2)n1CC1CCCCC1. The van der Waals surface area contributed by atoms with Gasteiger partial charge >= 0.3 is 12.1 Å². The highest BCUT2D eigenvalue weighted by Gasteiger charge is 2.39. The summed E-state index contributed by atoms with van der Waals surface area (Å²) in [5.74, 6) is -0.858. The van der Waals surface area contributed by atoms with Gasteiger partial charge in [-0.15, -0.1) is 0 Å². The Bertz CT molecular complexity index is 1170. The van der Waals surface area contributed by atoms with Gasteiger partial charge in [0.25, 0.3) is 0 Å². The number of carboxylic acids is 1. The molecule has 1 aromatic heterocycles. The number of rotatable bonds is 6. The molecule has 1 aromatic carbocycles. The Labute approximate surface area is 198 Å². The van der Waals surface area contributed by atoms with Crippen LogP contribution >= 0.6 is 0 Å². The van der Waals surface area contributed by atoms with Gasteiger partial charge in [-0.05, 0) is 70.2 Å². The van der Waals surface area contributed by atoms with Gasteiger partial charge in [0.05, 0.1) is 16.0 Å². The van der Waals surface area contributed by atoms with Crippen LogP contribution in [0.2, 0.25) is 0 Å². The fraction of sp³-hybridized carbons (Fsp3) is 0.542. The first-order valence-corrected chi connectivity index (χ1v) is 12.8. The molecule has 0 saturated heterocycles. The van der Waals surface area contributed by atoms with Crippen LogP contribution in [0.4, 0.5) is 13.2 Å². The first-order valence-electron chi connectivity index (χ1n) is 11.3. The van der Waals surface area contributed by atoms with Crippen LogP contribution in [-0.4, -0.2) is 29.6 Å². The van der Waals surface area contributed by atoms with E-state index in [-0.39, 0.29) is 11.1 Å². The third kappa shape index (κ3) is 5.83. The Morgan fingerprint density at radius 3 is 2.26 bits per heavy atom. The maximum atomic E-state index is 14.0. The molecular weight excluding hydrogens is 469 g/mol. The maximum absolute atomic E-state index is 14.0. The molecule has 0 spiro atoms. The summed E-state index contributed by atoms with van der Waals surface area (Å²) in [5, 5.41) is 9.62. The van der Waals surface area contributed by atoms with Gasteiger partial charge in [-0.25, -0.2) is 17.9 Å². The molecule has 188 valence electrons. The van der Waals surface area contributed by atoms with Crippen LogP contribution in [0.25, 0.3) is 11.3 Å². The monoisotopic (exact) mass is 500 g/mol. The second-order valence-electron chi connectivity index (χ2n) is 10.0. The second-order valence-corrected chi connectivity index (χ2v) is 11.7. The highest BCUT2D eigenvalue weighted by Crippen LogP contribution is 2.39. The molecule has 0 atom stereocenters. The van der Waals surface area contributed by atoms with Gasteiger partial charge < -0.3 is 9.67 Å². The second kappa shape index (κ2) is 9.37. The Balaban J connectivity index is 2.16. The lowest BCUT2D eigenvalue weighted by atomic mass is 9.89. The average molecular weight is 501 g/mol. The van der Waals surface area contributed by atoms with Crippen molar-refractivity contribution in [1.82, 2.24) is 9.29 Å². The van der Waals surface area contributed by atoms with E-state index in [4.69, 9.17) is 0 Å². The molecule has 1 fully saturated rings. The summed E-state index contributed by atoms with van der Waals surface area (Å²) in [6.45, 7) is 6.77. The van der Waals surface area contributed by atoms with E-state index in [1.165, 1.54) is 12.1 Å². The van der Waals surface area contributed by atoms with Crippen LogP contribution < -0.4 is 4.72 Å². The lowest BCUT2D eigenvalue weighted by Crippen LogP contribution is -2.41. The minimum absolute atomic E-state index is 0.0189. The van der Waals surface area contributed by atoms with E-state index in [2.05, 4.69) is 4.72 Å². The predicted molar refractivity (Wildman–Crippen MR) is 123 cm³/mol. The van der Waals surface area contributed by atoms with E-state index >= 15 is 0 Å². The lowest BCUT2D eigenvalue weighted by molar-refractivity contribution is -0.139. The van der Waals surface area contributed by atoms with Crippen molar-refractivity contribution < 1.29 is 31.5 Å². The van der Waals surface area contributed by atoms with Crippen LogP contribution in [0.3, 0.4) is 0 Å². The molecule has 0 bridgehead atoms. The summed E-state index contributed by atoms with van der Waals surface area (Å²) in [7, 11) is -4.45. The average Bonchev–Trinajstić information content (AvgIpc) is 3.02. The van der Waals surface area contributed by atoms with E-state index in [9.17, 15) is 31.5 Å². The van der Waals surface area contributed by atoms with Crippen LogP contribution in [0.5, 0.6) is 0 Å². The quantitative estimate of drug-likeness (QED) is 0.522. The number of aromatic nitrogens is 1. The number of carbonyl (C=O) groups is 1. The normalized spacial score (nSPS) is 16.1. The van der Waals surface area contributed by atoms with E-state index in [0.29, 0.717) is 23.9 Å². The Morgan fingerprint density at radius 1 is 1.12 bits per heavy atom. The number of halogens is 3. The minimum atomic E-state index is -4.93. The molecule has 3 rings (SSSR count). The highest BCUT2D eigenvalue weighted by molar-refractivity contribution is 7.89. The van der Waals surface area contributed by atoms with Crippen LogP contribution in [-0.2, 0) is 22.7 Å². The van der Waals surface area contributed by atoms with Gasteiger partial charge in [0.1, 0.15) is 0 Å². The van der Waals surface area contributed by atoms with Crippen LogP contribution in [0.15, 0.2) is 29.2 Å². The van der Waals surface area contributed by atoms with E-state index in [1.54, 1.807) is 32.3 Å². The van der Waals surface area contributed by atoms with Gasteiger partial charge in [-0.3, -0.25) is 0 Å². The van der Waals surface area contributed by atoms with Crippen molar-refractivity contribution in [3.05, 3.63) is 41.1 Å². The molecule has 0 aliphatic heterocycles. The molecule has 0 unspecified atom stereocenters. The molecule has 0 radical (unpaired) electrons. The molecule has 1 saturated carbocycles. The van der Waals surface area contributed by atoms with Crippen molar-refractivity contribution >= 4 is 16.0 Å². The summed E-state index contributed by atoms with van der Waals surface area (Å²) in [5.41, 5.74) is -1.32. The third-order valence-corrected chi connectivity index (χ3v) is 7.89. The largest absolute Gasteiger partial charge is 0.478 e. The molecule has 1 heterocycles. The molecular formula is C24H31F3N2O4S. The van der Waals surface area contributed by atoms with Gasteiger partial charge in [0, 0.05) is 23.5 Å². The summed E-state index contributed by atoms with van der Waals surface area (Å²) >= 11 is 0. The number of hydrogen-bond acceptors (Lipinski definition) is 3. The van der Waals surface area contributed by atoms with Crippen molar-refractivity contribution in [1.29, 1.82) is 0 Å². The number of nitrogens with zero attached hydrogens (tertiary/aromatic N) is 1. The molecule has 6 nitrogen and oxygen atoms in total. The zero-order valence-electron chi connectivity index (χ0n) is 19.8. The molecule has 10 heteroatoms. The van der Waals surface area contributed by atoms with Gasteiger partial charge in [0.2, 0.25) is 10.0 Å². The third-order valence-electron chi connectivity index (χ3n) is 6.07. The Morgan fingerprint density at radius 2 is 1.74 bits per heavy atom. The number of hydrogen-bond donors (Lipinski definition) is 2. The number of aromatic carboxylic acids is 1. The molecule has 2 aromatic rings. The molecule has 34 heavy (non-hydrogen) atoms. The Hall–Kier alpha value is -2.33. The summed E-state index contributed by atoms with van der Waals surface area (Å²) in [6.07, 6.45) is 0.298. The molecule has 1 aliphatic carbocycles. The van der Waals surface area contributed by atoms with Gasteiger partial charge in [-0.1, -0.05) is 25.3 Å². The van der Waals surface area contributed by atoms with Crippen molar-refractivity contribution in [3.8, 4) is 11.3 Å². The maximum Gasteiger partial charge on any atom is 0.417 e. The van der Waals surface area contributed by atoms with Crippen LogP contribution in [0.1, 0.15) is 74.5 Å². The molecule has 1 aliphatic rings. The Kier molecular flexibility index (Phi) is 7.24. The van der Waals surface area contributed by atoms with Crippen molar-refractivity contribution in [2.24, 2.45) is 5.92 Å². The fourth-order valence-electron chi connectivity index (χ4n) is 4.57. The lowest BCUT2D eigenvalue weighted by Gasteiger charge is -2.25. The number of carboxylic acid groups (broad SMARTS) is 1. The van der Waals surface area contributed by atoms with Crippen molar-refractivity contribution in [2.45, 2.75) is 83.0 Å². The number of benzene rings is 1. The van der Waals surface area contributed by atoms with Gasteiger partial charge in [-0.2, -0.15) is 13.2 Å². The molecule has 2 N–H and O–H groups in total. The number of alkyl halides is 3. The molecule has 0 amide bonds. The van der Waals surface area contributed by atoms with Crippen LogP contribution in [0, 0.1) is 12.8 Å². The summed E-state index contributed by atoms with van der Waals surface area (Å²) < 4.78 is 71.5. The fourth-order valence-corrected chi connectivity index (χ4v) is 6.19. The van der Waals surface area contributed by atoms with E-state index in [1.807, 2.05) is 0 Å². The van der Waals surface area contributed by atoms with E-state index in [0.717, 1.165) is 44.2 Å². The summed E-state index contributed by atoms with van der Waals surface area (Å²) in [4.78, 5) is 10.9. The zero-order valence-corrected chi connectivity index (χ0v) is 20.6. The summed E-state index contributed by atoms with van der Waals surface area (Å²) in [6, 6.07) is 4.43. The highest BCUT2D eigenvalue weighted by atomic mass is 32.2. The predicted octanol–water partition coefficient (Wildman–Crippen LogP) is 5.84. The van der Waals surface area contributed by atoms with Gasteiger partial charge in [0.15, 0.2) is 0 Å². The minimum Gasteiger partial charge on any atom is -0.478 e. The standard InChI is InChI=1S/C24H31F3N2O4S/c1-15-18(22(30)31)13-20(29(15)14-16-8-6-5-7-9-16)17-10-11-21(19(12-17)24(25,26)27)34(32,33)28-23(2,3)4/h10-13,16,28H,5-9,14H2,1-4H3,(H,30,31). The first-order chi connectivity index (χ1) is 15.6. The topological polar surface area (TPSA) is 88.4 Å².